The molecule has 1 saturated heterocycles. The van der Waals surface area contributed by atoms with Crippen LogP contribution in [0.4, 0.5) is 0 Å². The maximum Gasteiger partial charge on any atom is 0.365 e. The van der Waals surface area contributed by atoms with Crippen molar-refractivity contribution in [2.24, 2.45) is 10.9 Å². The first-order chi connectivity index (χ1) is 13.4. The number of carbonyl (C=O) groups excluding carboxylic acids is 2. The highest BCUT2D eigenvalue weighted by Gasteiger charge is 2.50. The minimum Gasteiger partial charge on any atom is -0.477 e. The number of hydrogen-bond acceptors (Lipinski definition) is 7. The Morgan fingerprint density at radius 1 is 1.32 bits per heavy atom. The van der Waals surface area contributed by atoms with Crippen LogP contribution in [0.3, 0.4) is 0 Å². The topological polar surface area (TPSA) is 143 Å². The molecule has 1 aromatic rings. The summed E-state index contributed by atoms with van der Waals surface area (Å²) < 4.78 is 5.75. The Kier molecular flexibility index (Phi) is 7.65. The van der Waals surface area contributed by atoms with Crippen LogP contribution in [0.15, 0.2) is 29.4 Å². The van der Waals surface area contributed by atoms with Gasteiger partial charge >= 0.3 is 11.7 Å². The van der Waals surface area contributed by atoms with Crippen LogP contribution in [0, 0.1) is 0 Å². The molecule has 0 bridgehead atoms. The molecule has 1 aromatic carbocycles. The second kappa shape index (κ2) is 9.95. The lowest BCUT2D eigenvalue weighted by molar-refractivity contribution is -0.185. The number of carboxylic acids is 1. The predicted octanol–water partition coefficient (Wildman–Crippen LogP) is 0.628. The molecule has 1 fully saturated rings. The van der Waals surface area contributed by atoms with Crippen LogP contribution in [0.1, 0.15) is 48.5 Å². The molecule has 1 amide bonds. The summed E-state index contributed by atoms with van der Waals surface area (Å²) >= 11 is 0. The van der Waals surface area contributed by atoms with Crippen molar-refractivity contribution in [3.8, 4) is 0 Å². The zero-order valence-electron chi connectivity index (χ0n) is 15.8. The van der Waals surface area contributed by atoms with Gasteiger partial charge in [-0.1, -0.05) is 19.1 Å². The van der Waals surface area contributed by atoms with Crippen molar-refractivity contribution < 1.29 is 24.2 Å². The van der Waals surface area contributed by atoms with Crippen molar-refractivity contribution in [1.29, 1.82) is 0 Å². The SMILES string of the molecule is CCCC(=O)C(NC(=O)c1ccc(C=NN)cc1)(OC1CCNCC1)C(=O)O. The number of amides is 1. The number of ketones is 1. The molecule has 5 N–H and O–H groups in total. The number of rotatable bonds is 9. The van der Waals surface area contributed by atoms with E-state index in [9.17, 15) is 19.5 Å². The lowest BCUT2D eigenvalue weighted by Gasteiger charge is -2.34. The van der Waals surface area contributed by atoms with Crippen molar-refractivity contribution in [3.05, 3.63) is 35.4 Å². The van der Waals surface area contributed by atoms with E-state index in [1.165, 1.54) is 18.3 Å². The van der Waals surface area contributed by atoms with E-state index in [2.05, 4.69) is 15.7 Å². The van der Waals surface area contributed by atoms with Gasteiger partial charge in [-0.3, -0.25) is 9.59 Å². The van der Waals surface area contributed by atoms with Gasteiger partial charge in [0.25, 0.3) is 5.91 Å². The summed E-state index contributed by atoms with van der Waals surface area (Å²) in [7, 11) is 0. The third kappa shape index (κ3) is 5.14. The Morgan fingerprint density at radius 2 is 1.96 bits per heavy atom. The molecule has 0 aromatic heterocycles. The number of nitrogens with zero attached hydrogens (tertiary/aromatic N) is 1. The van der Waals surface area contributed by atoms with Crippen molar-refractivity contribution in [1.82, 2.24) is 10.6 Å². The van der Waals surface area contributed by atoms with Gasteiger partial charge in [0.05, 0.1) is 12.3 Å². The van der Waals surface area contributed by atoms with Crippen LogP contribution in [0.25, 0.3) is 0 Å². The smallest absolute Gasteiger partial charge is 0.365 e. The number of benzene rings is 1. The summed E-state index contributed by atoms with van der Waals surface area (Å²) in [5.41, 5.74) is -1.54. The third-order valence-electron chi connectivity index (χ3n) is 4.49. The maximum absolute atomic E-state index is 12.7. The average molecular weight is 390 g/mol. The number of carbonyl (C=O) groups is 3. The fourth-order valence-corrected chi connectivity index (χ4v) is 2.99. The summed E-state index contributed by atoms with van der Waals surface area (Å²) in [4.78, 5) is 37.5. The number of nitrogens with two attached hydrogens (primary N) is 1. The van der Waals surface area contributed by atoms with E-state index in [1.807, 2.05) is 0 Å². The molecule has 0 radical (unpaired) electrons. The lowest BCUT2D eigenvalue weighted by Crippen LogP contribution is -2.63. The second-order valence-electron chi connectivity index (χ2n) is 6.58. The van der Waals surface area contributed by atoms with Crippen molar-refractivity contribution in [2.75, 3.05) is 13.1 Å². The van der Waals surface area contributed by atoms with E-state index < -0.39 is 29.5 Å². The summed E-state index contributed by atoms with van der Waals surface area (Å²) in [6, 6.07) is 6.20. The van der Waals surface area contributed by atoms with Gasteiger partial charge in [-0.05, 0) is 50.0 Å². The van der Waals surface area contributed by atoms with E-state index in [1.54, 1.807) is 19.1 Å². The van der Waals surface area contributed by atoms with Crippen LogP contribution in [-0.2, 0) is 14.3 Å². The van der Waals surface area contributed by atoms with E-state index in [4.69, 9.17) is 10.6 Å². The normalized spacial score (nSPS) is 17.2. The molecule has 1 heterocycles. The summed E-state index contributed by atoms with van der Waals surface area (Å²) in [5.74, 6) is 2.18. The fraction of sp³-hybridized carbons (Fsp3) is 0.474. The fourth-order valence-electron chi connectivity index (χ4n) is 2.99. The van der Waals surface area contributed by atoms with E-state index in [-0.39, 0.29) is 12.0 Å². The lowest BCUT2D eigenvalue weighted by atomic mass is 10.0. The molecule has 1 aliphatic heterocycles. The van der Waals surface area contributed by atoms with Crippen LogP contribution < -0.4 is 16.5 Å². The molecule has 28 heavy (non-hydrogen) atoms. The number of carboxylic acid groups (broad SMARTS) is 1. The number of piperidine rings is 1. The van der Waals surface area contributed by atoms with E-state index in [0.717, 1.165) is 0 Å². The predicted molar refractivity (Wildman–Crippen MR) is 103 cm³/mol. The standard InChI is InChI=1S/C19H26N4O5/c1-2-3-16(24)19(18(26)27,28-15-8-10-21-11-9-15)23-17(25)14-6-4-13(5-7-14)12-22-20/h4-7,12,15,21H,2-3,8-11,20H2,1H3,(H,23,25)(H,26,27). The number of ether oxygens (including phenoxy) is 1. The van der Waals surface area contributed by atoms with Crippen LogP contribution in [0.5, 0.6) is 0 Å². The molecule has 152 valence electrons. The first-order valence-corrected chi connectivity index (χ1v) is 9.24. The monoisotopic (exact) mass is 390 g/mol. The molecular formula is C19H26N4O5. The highest BCUT2D eigenvalue weighted by atomic mass is 16.6. The average Bonchev–Trinajstić information content (AvgIpc) is 2.69. The molecule has 0 spiro atoms. The summed E-state index contributed by atoms with van der Waals surface area (Å²) in [5, 5.41) is 18.7. The third-order valence-corrected chi connectivity index (χ3v) is 4.49. The van der Waals surface area contributed by atoms with E-state index in [0.29, 0.717) is 37.9 Å². The number of Topliss-reactive ketones (excluding diaryl/α,β-unsaturated/α-hetero) is 1. The molecule has 1 atom stereocenters. The van der Waals surface area contributed by atoms with Crippen molar-refractivity contribution in [3.63, 3.8) is 0 Å². The second-order valence-corrected chi connectivity index (χ2v) is 6.58. The molecule has 0 saturated carbocycles. The molecule has 9 heteroatoms. The Balaban J connectivity index is 2.29. The highest BCUT2D eigenvalue weighted by Crippen LogP contribution is 2.21. The number of aliphatic carboxylic acids is 1. The van der Waals surface area contributed by atoms with Crippen molar-refractivity contribution in [2.45, 2.75) is 44.4 Å². The van der Waals surface area contributed by atoms with Gasteiger partial charge < -0.3 is 26.3 Å². The number of hydrogen-bond donors (Lipinski definition) is 4. The van der Waals surface area contributed by atoms with Gasteiger partial charge in [-0.25, -0.2) is 4.79 Å². The summed E-state index contributed by atoms with van der Waals surface area (Å²) in [6.07, 6.45) is 2.49. The molecule has 1 unspecified atom stereocenters. The zero-order valence-corrected chi connectivity index (χ0v) is 15.8. The van der Waals surface area contributed by atoms with Gasteiger partial charge in [-0.2, -0.15) is 5.10 Å². The minimum atomic E-state index is -2.41. The Morgan fingerprint density at radius 3 is 2.50 bits per heavy atom. The van der Waals surface area contributed by atoms with Crippen LogP contribution >= 0.6 is 0 Å². The van der Waals surface area contributed by atoms with Gasteiger partial charge in [0.15, 0.2) is 5.78 Å². The van der Waals surface area contributed by atoms with Crippen molar-refractivity contribution >= 4 is 23.9 Å². The number of nitrogens with one attached hydrogen (secondary N) is 2. The Bertz CT molecular complexity index is 728. The quantitative estimate of drug-likeness (QED) is 0.159. The van der Waals surface area contributed by atoms with Crippen LogP contribution in [0.2, 0.25) is 0 Å². The molecular weight excluding hydrogens is 364 g/mol. The van der Waals surface area contributed by atoms with E-state index >= 15 is 0 Å². The summed E-state index contributed by atoms with van der Waals surface area (Å²) in [6.45, 7) is 3.06. The first-order valence-electron chi connectivity index (χ1n) is 9.24. The van der Waals surface area contributed by atoms with Gasteiger partial charge in [-0.15, -0.1) is 0 Å². The Labute approximate surface area is 163 Å². The largest absolute Gasteiger partial charge is 0.477 e. The minimum absolute atomic E-state index is 0.0244. The zero-order chi connectivity index (χ0) is 20.6. The molecule has 0 aliphatic carbocycles. The van der Waals surface area contributed by atoms with Crippen LogP contribution in [-0.4, -0.2) is 53.9 Å². The van der Waals surface area contributed by atoms with Gasteiger partial charge in [0.1, 0.15) is 0 Å². The van der Waals surface area contributed by atoms with Gasteiger partial charge in [0.2, 0.25) is 0 Å². The Hall–Kier alpha value is -2.78. The molecule has 9 nitrogen and oxygen atoms in total. The number of hydrazone groups is 1. The highest BCUT2D eigenvalue weighted by molar-refractivity contribution is 6.10. The van der Waals surface area contributed by atoms with Gasteiger partial charge in [0, 0.05) is 12.0 Å². The molecule has 1 aliphatic rings. The maximum atomic E-state index is 12.7. The molecule has 2 rings (SSSR count). The first kappa shape index (κ1) is 21.5.